The lowest BCUT2D eigenvalue weighted by molar-refractivity contribution is -0.141. The van der Waals surface area contributed by atoms with Crippen LogP contribution in [0.2, 0.25) is 0 Å². The largest absolute Gasteiger partial charge is 0.759 e. The van der Waals surface area contributed by atoms with Crippen LogP contribution in [0.1, 0.15) is 22.4 Å². The Morgan fingerprint density at radius 2 is 1.81 bits per heavy atom. The normalized spacial score (nSPS) is 11.2. The fraction of sp³-hybridized carbons (Fsp3) is 0.200. The van der Waals surface area contributed by atoms with Crippen molar-refractivity contribution in [3.63, 3.8) is 0 Å². The Morgan fingerprint density at radius 1 is 1.14 bits per heavy atom. The van der Waals surface area contributed by atoms with E-state index in [2.05, 4.69) is 4.98 Å². The number of aryl methyl sites for hydroxylation is 2. The van der Waals surface area contributed by atoms with Crippen molar-refractivity contribution in [1.82, 2.24) is 4.98 Å². The summed E-state index contributed by atoms with van der Waals surface area (Å²) in [5, 5.41) is 8.81. The van der Waals surface area contributed by atoms with Crippen molar-refractivity contribution in [1.29, 1.82) is 5.26 Å². The van der Waals surface area contributed by atoms with Crippen LogP contribution in [-0.4, -0.2) is 4.98 Å². The second kappa shape index (κ2) is 5.34. The molecule has 2 rings (SSSR count). The van der Waals surface area contributed by atoms with E-state index in [0.29, 0.717) is 5.56 Å². The van der Waals surface area contributed by atoms with Crippen molar-refractivity contribution in [3.8, 4) is 17.2 Å². The van der Waals surface area contributed by atoms with Crippen LogP contribution in [0.3, 0.4) is 0 Å². The lowest BCUT2D eigenvalue weighted by Gasteiger charge is -2.17. The molecule has 6 heteroatoms. The predicted octanol–water partition coefficient (Wildman–Crippen LogP) is 4.16. The third kappa shape index (κ3) is 2.98. The minimum absolute atomic E-state index is 0.0127. The molecule has 1 aromatic heterocycles. The topological polar surface area (TPSA) is 36.7 Å². The highest BCUT2D eigenvalue weighted by Crippen LogP contribution is 2.34. The minimum Gasteiger partial charge on any atom is -0.759 e. The minimum atomic E-state index is -4.60. The van der Waals surface area contributed by atoms with Gasteiger partial charge in [-0.05, 0) is 36.6 Å². The highest BCUT2D eigenvalue weighted by Gasteiger charge is 2.33. The van der Waals surface area contributed by atoms with Gasteiger partial charge in [0, 0.05) is 5.56 Å². The number of hydrogen-bond acceptors (Lipinski definition) is 3. The molecule has 0 bridgehead atoms. The quantitative estimate of drug-likeness (QED) is 0.742. The van der Waals surface area contributed by atoms with Gasteiger partial charge in [-0.15, -0.1) is 0 Å². The first-order valence-corrected chi connectivity index (χ1v) is 6.42. The van der Waals surface area contributed by atoms with Crippen LogP contribution >= 0.6 is 0 Å². The number of hydrogen-bond donors (Lipinski definition) is 0. The Kier molecular flexibility index (Phi) is 3.88. The molecular weight excluding hydrogens is 297 g/mol. The predicted molar refractivity (Wildman–Crippen MR) is 74.5 cm³/mol. The second-order valence-electron chi connectivity index (χ2n) is 4.64. The molecule has 108 valence electrons. The number of nitrogens with zero attached hydrogens (tertiary/aromatic N) is 2. The van der Waals surface area contributed by atoms with E-state index in [-0.39, 0.29) is 16.2 Å². The Bertz CT molecular complexity index is 746. The summed E-state index contributed by atoms with van der Waals surface area (Å²) < 4.78 is 38.6. The summed E-state index contributed by atoms with van der Waals surface area (Å²) in [7, 11) is 0. The van der Waals surface area contributed by atoms with Gasteiger partial charge in [-0.1, -0.05) is 23.2 Å². The number of rotatable bonds is 1. The number of nitriles is 1. The molecule has 0 amide bonds. The summed E-state index contributed by atoms with van der Waals surface area (Å²) in [6.07, 6.45) is -4.60. The standard InChI is InChI=1S/C15H11F3N2S/c1-8-3-4-10(5-9(8)2)11-6-13(15(16,17)18)20-14(21)12(11)7-19/h3-6H,1-2H3,(H,20,21)/p-1. The summed E-state index contributed by atoms with van der Waals surface area (Å²) in [5.41, 5.74) is 1.52. The molecule has 0 saturated carbocycles. The zero-order chi connectivity index (χ0) is 15.8. The van der Waals surface area contributed by atoms with Crippen molar-refractivity contribution in [2.75, 3.05) is 0 Å². The summed E-state index contributed by atoms with van der Waals surface area (Å²) in [6, 6.07) is 7.92. The molecule has 0 fully saturated rings. The van der Waals surface area contributed by atoms with E-state index in [0.717, 1.165) is 17.2 Å². The van der Waals surface area contributed by atoms with Crippen molar-refractivity contribution in [2.24, 2.45) is 0 Å². The highest BCUT2D eigenvalue weighted by atomic mass is 32.1. The molecule has 0 unspecified atom stereocenters. The zero-order valence-electron chi connectivity index (χ0n) is 11.2. The summed E-state index contributed by atoms with van der Waals surface area (Å²) in [5.74, 6) is 0. The third-order valence-corrected chi connectivity index (χ3v) is 3.50. The van der Waals surface area contributed by atoms with Gasteiger partial charge in [0.15, 0.2) is 0 Å². The fourth-order valence-corrected chi connectivity index (χ4v) is 2.17. The van der Waals surface area contributed by atoms with E-state index in [1.54, 1.807) is 18.2 Å². The van der Waals surface area contributed by atoms with Crippen LogP contribution in [0.15, 0.2) is 29.3 Å². The lowest BCUT2D eigenvalue weighted by Crippen LogP contribution is -2.10. The molecule has 0 aliphatic heterocycles. The van der Waals surface area contributed by atoms with E-state index in [1.165, 1.54) is 0 Å². The van der Waals surface area contributed by atoms with Gasteiger partial charge in [0.05, 0.1) is 11.6 Å². The van der Waals surface area contributed by atoms with Gasteiger partial charge in [0.2, 0.25) is 0 Å². The SMILES string of the molecule is Cc1ccc(-c2cc(C(F)(F)F)nc([S-])c2C#N)cc1C. The summed E-state index contributed by atoms with van der Waals surface area (Å²) in [4.78, 5) is 3.31. The molecule has 0 aliphatic carbocycles. The van der Waals surface area contributed by atoms with Gasteiger partial charge in [0.1, 0.15) is 5.69 Å². The van der Waals surface area contributed by atoms with E-state index in [4.69, 9.17) is 17.9 Å². The first kappa shape index (κ1) is 15.3. The van der Waals surface area contributed by atoms with Gasteiger partial charge < -0.3 is 12.6 Å². The molecule has 0 saturated heterocycles. The van der Waals surface area contributed by atoms with Gasteiger partial charge in [-0.25, -0.2) is 0 Å². The Morgan fingerprint density at radius 3 is 2.33 bits per heavy atom. The van der Waals surface area contributed by atoms with E-state index in [1.807, 2.05) is 19.9 Å². The van der Waals surface area contributed by atoms with Crippen molar-refractivity contribution < 1.29 is 13.2 Å². The van der Waals surface area contributed by atoms with E-state index >= 15 is 0 Å². The molecule has 2 aromatic rings. The number of aromatic nitrogens is 1. The highest BCUT2D eigenvalue weighted by molar-refractivity contribution is 7.58. The smallest absolute Gasteiger partial charge is 0.433 e. The fourth-order valence-electron chi connectivity index (χ4n) is 1.91. The van der Waals surface area contributed by atoms with Gasteiger partial charge in [-0.3, -0.25) is 4.98 Å². The molecule has 0 spiro atoms. The molecule has 0 aliphatic rings. The summed E-state index contributed by atoms with van der Waals surface area (Å²) >= 11 is 4.82. The molecule has 0 N–H and O–H groups in total. The molecule has 21 heavy (non-hydrogen) atoms. The zero-order valence-corrected chi connectivity index (χ0v) is 12.1. The number of halogens is 3. The van der Waals surface area contributed by atoms with Crippen molar-refractivity contribution in [3.05, 3.63) is 46.6 Å². The maximum absolute atomic E-state index is 12.9. The van der Waals surface area contributed by atoms with Crippen molar-refractivity contribution >= 4 is 12.6 Å². The molecule has 0 atom stereocenters. The molecule has 2 nitrogen and oxygen atoms in total. The van der Waals surface area contributed by atoms with Crippen LogP contribution in [-0.2, 0) is 18.8 Å². The molecule has 0 radical (unpaired) electrons. The first-order chi connectivity index (χ1) is 9.74. The first-order valence-electron chi connectivity index (χ1n) is 6.01. The molecular formula is C15H10F3N2S-. The number of benzene rings is 1. The van der Waals surface area contributed by atoms with Crippen LogP contribution in [0.25, 0.3) is 11.1 Å². The van der Waals surface area contributed by atoms with Gasteiger partial charge >= 0.3 is 6.18 Å². The Balaban J connectivity index is 2.74. The maximum Gasteiger partial charge on any atom is 0.433 e. The van der Waals surface area contributed by atoms with Gasteiger partial charge in [-0.2, -0.15) is 18.4 Å². The van der Waals surface area contributed by atoms with Gasteiger partial charge in [0.25, 0.3) is 0 Å². The molecule has 1 heterocycles. The Hall–Kier alpha value is -2.13. The van der Waals surface area contributed by atoms with Crippen LogP contribution in [0.4, 0.5) is 13.2 Å². The monoisotopic (exact) mass is 307 g/mol. The number of pyridine rings is 1. The van der Waals surface area contributed by atoms with Crippen molar-refractivity contribution in [2.45, 2.75) is 25.0 Å². The number of alkyl halides is 3. The maximum atomic E-state index is 12.9. The van der Waals surface area contributed by atoms with Crippen LogP contribution in [0.5, 0.6) is 0 Å². The van der Waals surface area contributed by atoms with Crippen LogP contribution in [0, 0.1) is 25.2 Å². The average molecular weight is 307 g/mol. The average Bonchev–Trinajstić information content (AvgIpc) is 2.40. The van der Waals surface area contributed by atoms with E-state index < -0.39 is 11.9 Å². The summed E-state index contributed by atoms with van der Waals surface area (Å²) in [6.45, 7) is 3.75. The second-order valence-corrected chi connectivity index (χ2v) is 5.03. The third-order valence-electron chi connectivity index (χ3n) is 3.21. The Labute approximate surface area is 125 Å². The lowest BCUT2D eigenvalue weighted by atomic mass is 9.97. The molecule has 1 aromatic carbocycles. The van der Waals surface area contributed by atoms with Crippen LogP contribution < -0.4 is 0 Å². The van der Waals surface area contributed by atoms with E-state index in [9.17, 15) is 13.2 Å².